The Morgan fingerprint density at radius 1 is 1.17 bits per heavy atom. The third-order valence-electron chi connectivity index (χ3n) is 6.75. The molecule has 0 unspecified atom stereocenters. The molecule has 184 valence electrons. The Bertz CT molecular complexity index is 1180. The van der Waals surface area contributed by atoms with Gasteiger partial charge >= 0.3 is 12.2 Å². The number of carbonyl (C=O) groups excluding carboxylic acids is 2. The second kappa shape index (κ2) is 8.56. The third kappa shape index (κ3) is 4.31. The number of urea groups is 1. The van der Waals surface area contributed by atoms with Crippen molar-refractivity contribution in [1.82, 2.24) is 9.88 Å². The molecule has 1 aliphatic heterocycles. The number of aromatic nitrogens is 1. The number of imide groups is 1. The van der Waals surface area contributed by atoms with Crippen molar-refractivity contribution in [3.63, 3.8) is 0 Å². The lowest BCUT2D eigenvalue weighted by atomic mass is 9.95. The van der Waals surface area contributed by atoms with E-state index in [9.17, 15) is 22.8 Å². The van der Waals surface area contributed by atoms with Crippen molar-refractivity contribution in [1.29, 1.82) is 5.26 Å². The van der Waals surface area contributed by atoms with Gasteiger partial charge in [0.15, 0.2) is 0 Å². The van der Waals surface area contributed by atoms with Crippen LogP contribution in [-0.4, -0.2) is 39.6 Å². The predicted molar refractivity (Wildman–Crippen MR) is 123 cm³/mol. The van der Waals surface area contributed by atoms with Crippen LogP contribution in [0, 0.1) is 11.3 Å². The summed E-state index contributed by atoms with van der Waals surface area (Å²) in [4.78, 5) is 33.2. The molecule has 7 nitrogen and oxygen atoms in total. The van der Waals surface area contributed by atoms with Crippen LogP contribution in [0.1, 0.15) is 51.2 Å². The normalized spacial score (nSPS) is 19.5. The first-order chi connectivity index (χ1) is 16.4. The van der Waals surface area contributed by atoms with E-state index in [1.54, 1.807) is 32.2 Å². The molecule has 0 spiro atoms. The van der Waals surface area contributed by atoms with Gasteiger partial charge in [0.05, 0.1) is 23.6 Å². The van der Waals surface area contributed by atoms with E-state index in [2.05, 4.69) is 16.4 Å². The minimum Gasteiger partial charge on any atom is -0.367 e. The van der Waals surface area contributed by atoms with Crippen molar-refractivity contribution in [3.8, 4) is 6.07 Å². The van der Waals surface area contributed by atoms with E-state index in [4.69, 9.17) is 5.26 Å². The molecule has 1 aromatic heterocycles. The Labute approximate surface area is 201 Å². The topological polar surface area (TPSA) is 89.3 Å². The van der Waals surface area contributed by atoms with E-state index in [1.807, 2.05) is 6.92 Å². The van der Waals surface area contributed by atoms with Gasteiger partial charge < -0.3 is 10.2 Å². The van der Waals surface area contributed by atoms with Gasteiger partial charge in [-0.05, 0) is 69.0 Å². The van der Waals surface area contributed by atoms with Crippen LogP contribution in [0.25, 0.3) is 0 Å². The molecule has 1 saturated heterocycles. The molecule has 1 N–H and O–H groups in total. The smallest absolute Gasteiger partial charge is 0.367 e. The first-order valence-corrected chi connectivity index (χ1v) is 11.3. The summed E-state index contributed by atoms with van der Waals surface area (Å²) < 4.78 is 40.4. The van der Waals surface area contributed by atoms with Gasteiger partial charge in [0, 0.05) is 18.8 Å². The van der Waals surface area contributed by atoms with E-state index in [0.29, 0.717) is 12.2 Å². The highest BCUT2D eigenvalue weighted by molar-refractivity contribution is 6.22. The lowest BCUT2D eigenvalue weighted by Crippen LogP contribution is -2.43. The maximum Gasteiger partial charge on any atom is 0.398 e. The van der Waals surface area contributed by atoms with Crippen LogP contribution >= 0.6 is 0 Å². The monoisotopic (exact) mass is 485 g/mol. The predicted octanol–water partition coefficient (Wildman–Crippen LogP) is 5.14. The molecule has 35 heavy (non-hydrogen) atoms. The molecule has 0 radical (unpaired) electrons. The van der Waals surface area contributed by atoms with Crippen LogP contribution in [0.4, 0.5) is 29.5 Å². The highest BCUT2D eigenvalue weighted by Crippen LogP contribution is 2.59. The van der Waals surface area contributed by atoms with Crippen LogP contribution in [0.15, 0.2) is 42.6 Å². The minimum absolute atomic E-state index is 0.0380. The minimum atomic E-state index is -4.34. The summed E-state index contributed by atoms with van der Waals surface area (Å²) in [6.07, 6.45) is -2.38. The molecule has 1 aromatic carbocycles. The number of nitrogens with one attached hydrogen (secondary N) is 1. The number of hydrogen-bond acceptors (Lipinski definition) is 5. The van der Waals surface area contributed by atoms with Crippen LogP contribution in [0.3, 0.4) is 0 Å². The molecule has 0 bridgehead atoms. The van der Waals surface area contributed by atoms with Crippen molar-refractivity contribution < 1.29 is 22.8 Å². The van der Waals surface area contributed by atoms with Crippen molar-refractivity contribution in [3.05, 3.63) is 53.7 Å². The van der Waals surface area contributed by atoms with Crippen molar-refractivity contribution in [2.24, 2.45) is 0 Å². The standard InChI is InChI=1S/C25H26F3N5O2/c1-16(8-12-29)31-20-14-17(9-13-30-20)15-32-22(35)33(21(34)23(32,2)3)19-6-4-18(5-7-19)24(10-11-24)25(26,27)28/h4-7,9,13-14,16H,8,10-11,15H2,1-3H3,(H,30,31)/t16-/m1/s1. The van der Waals surface area contributed by atoms with Gasteiger partial charge in [-0.3, -0.25) is 4.79 Å². The first kappa shape index (κ1) is 24.5. The third-order valence-corrected chi connectivity index (χ3v) is 6.75. The number of amides is 3. The van der Waals surface area contributed by atoms with Crippen LogP contribution in [0.5, 0.6) is 0 Å². The lowest BCUT2D eigenvalue weighted by Gasteiger charge is -2.27. The number of rotatable bonds is 7. The molecule has 3 amide bonds. The van der Waals surface area contributed by atoms with Crippen LogP contribution < -0.4 is 10.2 Å². The lowest BCUT2D eigenvalue weighted by molar-refractivity contribution is -0.160. The Morgan fingerprint density at radius 2 is 1.83 bits per heavy atom. The zero-order chi connectivity index (χ0) is 25.6. The van der Waals surface area contributed by atoms with Gasteiger partial charge in [-0.25, -0.2) is 14.7 Å². The summed E-state index contributed by atoms with van der Waals surface area (Å²) in [6, 6.07) is 10.4. The van der Waals surface area contributed by atoms with Gasteiger partial charge in [-0.15, -0.1) is 0 Å². The number of pyridine rings is 1. The molecule has 10 heteroatoms. The molecular formula is C25H26F3N5O2. The summed E-state index contributed by atoms with van der Waals surface area (Å²) in [6.45, 7) is 5.26. The summed E-state index contributed by atoms with van der Waals surface area (Å²) >= 11 is 0. The van der Waals surface area contributed by atoms with Gasteiger partial charge in [0.1, 0.15) is 11.4 Å². The van der Waals surface area contributed by atoms with Gasteiger partial charge in [0.2, 0.25) is 0 Å². The Hall–Kier alpha value is -3.61. The van der Waals surface area contributed by atoms with E-state index >= 15 is 0 Å². The number of hydrogen-bond donors (Lipinski definition) is 1. The molecule has 1 atom stereocenters. The summed E-state index contributed by atoms with van der Waals surface area (Å²) in [5.74, 6) is 0.0920. The molecule has 1 saturated carbocycles. The number of nitriles is 1. The van der Waals surface area contributed by atoms with Crippen molar-refractivity contribution in [2.75, 3.05) is 10.2 Å². The summed E-state index contributed by atoms with van der Waals surface area (Å²) in [7, 11) is 0. The zero-order valence-corrected chi connectivity index (χ0v) is 19.7. The largest absolute Gasteiger partial charge is 0.398 e. The molecular weight excluding hydrogens is 459 g/mol. The van der Waals surface area contributed by atoms with E-state index in [0.717, 1.165) is 10.5 Å². The van der Waals surface area contributed by atoms with Gasteiger partial charge in [-0.1, -0.05) is 12.1 Å². The second-order valence-electron chi connectivity index (χ2n) is 9.65. The van der Waals surface area contributed by atoms with Gasteiger partial charge in [-0.2, -0.15) is 18.4 Å². The maximum atomic E-state index is 13.5. The molecule has 2 aliphatic rings. The number of benzene rings is 1. The molecule has 2 aromatic rings. The Balaban J connectivity index is 1.55. The second-order valence-corrected chi connectivity index (χ2v) is 9.65. The quantitative estimate of drug-likeness (QED) is 0.549. The number of anilines is 2. The highest BCUT2D eigenvalue weighted by Gasteiger charge is 2.64. The Kier molecular flexibility index (Phi) is 5.99. The fourth-order valence-electron chi connectivity index (χ4n) is 4.39. The van der Waals surface area contributed by atoms with Crippen molar-refractivity contribution >= 4 is 23.4 Å². The average Bonchev–Trinajstić information content (AvgIpc) is 3.58. The molecule has 1 aliphatic carbocycles. The SMILES string of the molecule is C[C@H](CC#N)Nc1cc(CN2C(=O)N(c3ccc(C4(C(F)(F)F)CC4)cc3)C(=O)C2(C)C)ccn1. The van der Waals surface area contributed by atoms with Crippen molar-refractivity contribution in [2.45, 2.75) is 69.8 Å². The number of nitrogens with zero attached hydrogens (tertiary/aromatic N) is 4. The van der Waals surface area contributed by atoms with E-state index in [-0.39, 0.29) is 36.7 Å². The van der Waals surface area contributed by atoms with E-state index in [1.165, 1.54) is 29.2 Å². The first-order valence-electron chi connectivity index (χ1n) is 11.3. The molecule has 2 fully saturated rings. The van der Waals surface area contributed by atoms with Crippen LogP contribution in [-0.2, 0) is 16.8 Å². The fraction of sp³-hybridized carbons (Fsp3) is 0.440. The molecule has 4 rings (SSSR count). The summed E-state index contributed by atoms with van der Waals surface area (Å²) in [5, 5.41) is 12.0. The van der Waals surface area contributed by atoms with Crippen LogP contribution in [0.2, 0.25) is 0 Å². The maximum absolute atomic E-state index is 13.5. The average molecular weight is 486 g/mol. The molecule has 2 heterocycles. The number of halogens is 3. The Morgan fingerprint density at radius 3 is 2.40 bits per heavy atom. The fourth-order valence-corrected chi connectivity index (χ4v) is 4.39. The number of alkyl halides is 3. The zero-order valence-electron chi connectivity index (χ0n) is 19.7. The summed E-state index contributed by atoms with van der Waals surface area (Å²) in [5.41, 5.74) is -1.87. The highest BCUT2D eigenvalue weighted by atomic mass is 19.4. The van der Waals surface area contributed by atoms with E-state index < -0.39 is 29.1 Å². The van der Waals surface area contributed by atoms with Gasteiger partial charge in [0.25, 0.3) is 5.91 Å². The number of carbonyl (C=O) groups is 2.